The molecular formula is C15H6ClF5N2O. The number of nitriles is 1. The Balaban J connectivity index is 2.28. The number of nitrogens with zero attached hydrogens (tertiary/aromatic N) is 2. The molecule has 0 fully saturated rings. The van der Waals surface area contributed by atoms with Gasteiger partial charge in [-0.05, 0) is 18.2 Å². The quantitative estimate of drug-likeness (QED) is 0.708. The van der Waals surface area contributed by atoms with Crippen molar-refractivity contribution < 1.29 is 26.7 Å². The molecule has 0 spiro atoms. The fraction of sp³-hybridized carbons (Fsp3) is 0.200. The highest BCUT2D eigenvalue weighted by Gasteiger charge is 2.53. The molecule has 1 heterocycles. The molecule has 0 atom stereocenters. The monoisotopic (exact) mass is 360 g/mol. The molecule has 0 unspecified atom stereocenters. The fourth-order valence-corrected chi connectivity index (χ4v) is 2.80. The van der Waals surface area contributed by atoms with E-state index in [0.29, 0.717) is 6.20 Å². The number of fused-ring (bicyclic) bond motifs is 1. The van der Waals surface area contributed by atoms with Gasteiger partial charge in [0.05, 0.1) is 28.1 Å². The summed E-state index contributed by atoms with van der Waals surface area (Å²) in [6.45, 7) is 0. The summed E-state index contributed by atoms with van der Waals surface area (Å²) in [7, 11) is 0. The van der Waals surface area contributed by atoms with E-state index in [1.54, 1.807) is 6.07 Å². The molecule has 3 rings (SSSR count). The van der Waals surface area contributed by atoms with Gasteiger partial charge in [0.2, 0.25) is 5.78 Å². The minimum absolute atomic E-state index is 0.0266. The van der Waals surface area contributed by atoms with Gasteiger partial charge in [-0.2, -0.15) is 27.2 Å². The highest BCUT2D eigenvalue weighted by atomic mass is 35.5. The highest BCUT2D eigenvalue weighted by molar-refractivity contribution is 6.31. The van der Waals surface area contributed by atoms with E-state index >= 15 is 0 Å². The minimum atomic E-state index is -4.96. The lowest BCUT2D eigenvalue weighted by atomic mass is 10.1. The van der Waals surface area contributed by atoms with Crippen LogP contribution in [0.25, 0.3) is 5.69 Å². The number of halogens is 6. The van der Waals surface area contributed by atoms with Crippen molar-refractivity contribution in [2.75, 3.05) is 0 Å². The van der Waals surface area contributed by atoms with Crippen molar-refractivity contribution >= 4 is 17.4 Å². The summed E-state index contributed by atoms with van der Waals surface area (Å²) < 4.78 is 67.5. The second-order valence-electron chi connectivity index (χ2n) is 5.22. The van der Waals surface area contributed by atoms with E-state index in [1.165, 1.54) is 18.2 Å². The number of carbonyl (C=O) groups is 1. The second kappa shape index (κ2) is 5.05. The van der Waals surface area contributed by atoms with Crippen molar-refractivity contribution in [1.29, 1.82) is 5.26 Å². The molecule has 1 aliphatic carbocycles. The van der Waals surface area contributed by atoms with Crippen molar-refractivity contribution in [3.63, 3.8) is 0 Å². The average Bonchev–Trinajstić information content (AvgIpc) is 2.95. The van der Waals surface area contributed by atoms with Crippen molar-refractivity contribution in [2.45, 2.75) is 18.5 Å². The highest BCUT2D eigenvalue weighted by Crippen LogP contribution is 2.44. The molecule has 0 aliphatic heterocycles. The number of aromatic nitrogens is 1. The molecule has 9 heteroatoms. The Morgan fingerprint density at radius 2 is 1.96 bits per heavy atom. The maximum Gasteiger partial charge on any atom is 0.418 e. The van der Waals surface area contributed by atoms with Crippen LogP contribution in [0.5, 0.6) is 0 Å². The van der Waals surface area contributed by atoms with Gasteiger partial charge < -0.3 is 4.57 Å². The first kappa shape index (κ1) is 16.5. The number of rotatable bonds is 1. The Morgan fingerprint density at radius 1 is 1.29 bits per heavy atom. The van der Waals surface area contributed by atoms with E-state index in [1.807, 2.05) is 0 Å². The van der Waals surface area contributed by atoms with E-state index in [2.05, 4.69) is 0 Å². The van der Waals surface area contributed by atoms with Crippen LogP contribution in [0.4, 0.5) is 22.0 Å². The molecular weight excluding hydrogens is 355 g/mol. The summed E-state index contributed by atoms with van der Waals surface area (Å²) in [6, 6.07) is 5.47. The van der Waals surface area contributed by atoms with Crippen molar-refractivity contribution in [3.05, 3.63) is 51.8 Å². The lowest BCUT2D eigenvalue weighted by molar-refractivity contribution is -0.137. The molecule has 1 aliphatic rings. The molecule has 124 valence electrons. The molecule has 0 saturated carbocycles. The van der Waals surface area contributed by atoms with Crippen LogP contribution in [0.1, 0.15) is 27.2 Å². The third kappa shape index (κ3) is 2.36. The van der Waals surface area contributed by atoms with Crippen LogP contribution in [0.2, 0.25) is 5.02 Å². The summed E-state index contributed by atoms with van der Waals surface area (Å²) in [6.07, 6.45) is -5.51. The molecule has 24 heavy (non-hydrogen) atoms. The van der Waals surface area contributed by atoms with Crippen LogP contribution in [-0.4, -0.2) is 16.3 Å². The number of hydrogen-bond acceptors (Lipinski definition) is 2. The maximum absolute atomic E-state index is 13.6. The lowest BCUT2D eigenvalue weighted by Crippen LogP contribution is -2.26. The van der Waals surface area contributed by atoms with Gasteiger partial charge in [-0.15, -0.1) is 0 Å². The van der Waals surface area contributed by atoms with Crippen molar-refractivity contribution in [1.82, 2.24) is 4.57 Å². The van der Waals surface area contributed by atoms with Gasteiger partial charge in [0.25, 0.3) is 0 Å². The van der Waals surface area contributed by atoms with Crippen LogP contribution >= 0.6 is 11.6 Å². The first-order valence-corrected chi connectivity index (χ1v) is 6.88. The molecule has 1 aromatic carbocycles. The van der Waals surface area contributed by atoms with Gasteiger partial charge in [0, 0.05) is 17.6 Å². The smallest absolute Gasteiger partial charge is 0.319 e. The molecule has 0 saturated heterocycles. The molecule has 0 N–H and O–H groups in total. The van der Waals surface area contributed by atoms with Gasteiger partial charge >= 0.3 is 12.1 Å². The Hall–Kier alpha value is -2.40. The zero-order valence-electron chi connectivity index (χ0n) is 11.6. The zero-order chi connectivity index (χ0) is 17.9. The topological polar surface area (TPSA) is 45.8 Å². The first-order valence-electron chi connectivity index (χ1n) is 6.50. The van der Waals surface area contributed by atoms with Crippen LogP contribution in [0.3, 0.4) is 0 Å². The van der Waals surface area contributed by atoms with E-state index < -0.39 is 41.1 Å². The number of carbonyl (C=O) groups excluding carboxylic acids is 1. The third-order valence-electron chi connectivity index (χ3n) is 3.71. The third-order valence-corrected chi connectivity index (χ3v) is 4.04. The fourth-order valence-electron chi connectivity index (χ4n) is 2.64. The van der Waals surface area contributed by atoms with Crippen LogP contribution in [0.15, 0.2) is 24.4 Å². The normalized spacial score (nSPS) is 16.1. The summed E-state index contributed by atoms with van der Waals surface area (Å²) in [4.78, 5) is 11.7. The van der Waals surface area contributed by atoms with Crippen LogP contribution < -0.4 is 0 Å². The van der Waals surface area contributed by atoms with Crippen LogP contribution in [0, 0.1) is 11.3 Å². The Bertz CT molecular complexity index is 908. The number of alkyl halides is 5. The summed E-state index contributed by atoms with van der Waals surface area (Å²) in [5, 5.41) is 9.02. The standard InChI is InChI=1S/C15H6ClF5N2O/c16-10-2-1-8(3-7(10)5-22)23-6-9(15(19,20)21)12-11(23)4-14(17,18)13(12)24/h1-3,6H,4H2. The Kier molecular flexibility index (Phi) is 3.46. The number of Topliss-reactive ketones (excluding diaryl/α,β-unsaturated/α-hetero) is 1. The zero-order valence-corrected chi connectivity index (χ0v) is 12.3. The van der Waals surface area contributed by atoms with E-state index in [4.69, 9.17) is 16.9 Å². The predicted octanol–water partition coefficient (Wildman–Crippen LogP) is 4.40. The Morgan fingerprint density at radius 3 is 2.54 bits per heavy atom. The van der Waals surface area contributed by atoms with Gasteiger partial charge in [-0.25, -0.2) is 0 Å². The SMILES string of the molecule is N#Cc1cc(-n2cc(C(F)(F)F)c3c2CC(F)(F)C3=O)ccc1Cl. The summed E-state index contributed by atoms with van der Waals surface area (Å²) >= 11 is 5.76. The minimum Gasteiger partial charge on any atom is -0.319 e. The molecule has 0 bridgehead atoms. The summed E-state index contributed by atoms with van der Waals surface area (Å²) in [5.41, 5.74) is -2.88. The Labute approximate surface area is 136 Å². The number of benzene rings is 1. The second-order valence-corrected chi connectivity index (χ2v) is 5.63. The molecule has 3 nitrogen and oxygen atoms in total. The largest absolute Gasteiger partial charge is 0.418 e. The van der Waals surface area contributed by atoms with Gasteiger partial charge in [-0.3, -0.25) is 4.79 Å². The average molecular weight is 361 g/mol. The first-order chi connectivity index (χ1) is 11.1. The number of hydrogen-bond donors (Lipinski definition) is 0. The van der Waals surface area contributed by atoms with Crippen molar-refractivity contribution in [2.24, 2.45) is 0 Å². The van der Waals surface area contributed by atoms with Gasteiger partial charge in [0.15, 0.2) is 0 Å². The van der Waals surface area contributed by atoms with E-state index in [-0.39, 0.29) is 16.3 Å². The van der Waals surface area contributed by atoms with E-state index in [0.717, 1.165) is 4.57 Å². The molecule has 2 aromatic rings. The van der Waals surface area contributed by atoms with Gasteiger partial charge in [0.1, 0.15) is 6.07 Å². The number of ketones is 1. The van der Waals surface area contributed by atoms with Crippen LogP contribution in [-0.2, 0) is 12.6 Å². The lowest BCUT2D eigenvalue weighted by Gasteiger charge is -2.11. The van der Waals surface area contributed by atoms with Crippen molar-refractivity contribution in [3.8, 4) is 11.8 Å². The maximum atomic E-state index is 13.6. The molecule has 1 aromatic heterocycles. The van der Waals surface area contributed by atoms with E-state index in [9.17, 15) is 26.7 Å². The molecule has 0 radical (unpaired) electrons. The molecule has 0 amide bonds. The summed E-state index contributed by atoms with van der Waals surface area (Å²) in [5.74, 6) is -5.74. The predicted molar refractivity (Wildman–Crippen MR) is 73.5 cm³/mol. The van der Waals surface area contributed by atoms with Gasteiger partial charge in [-0.1, -0.05) is 11.6 Å².